The Morgan fingerprint density at radius 2 is 2.17 bits per heavy atom. The summed E-state index contributed by atoms with van der Waals surface area (Å²) in [7, 11) is 1.39. The quantitative estimate of drug-likeness (QED) is 0.655. The summed E-state index contributed by atoms with van der Waals surface area (Å²) in [5.74, 6) is -2.70. The Kier molecular flexibility index (Phi) is 3.70. The van der Waals surface area contributed by atoms with Gasteiger partial charge in [-0.3, -0.25) is 0 Å². The first-order valence-electron chi connectivity index (χ1n) is 3.42. The van der Waals surface area contributed by atoms with Crippen LogP contribution in [0.3, 0.4) is 0 Å². The van der Waals surface area contributed by atoms with Gasteiger partial charge in [-0.25, -0.2) is 13.6 Å². The fraction of sp³-hybridized carbons (Fsp3) is 0.833. The smallest absolute Gasteiger partial charge is 0.314 e. The second kappa shape index (κ2) is 3.89. The standard InChI is InChI=1S/C6H10F2N2O.ClH/c1-9-5(11)10-4-2-3-6(4,7)8;/h4H,2-3H2,1H3,(H2,9,10,11);1H. The number of urea groups is 1. The summed E-state index contributed by atoms with van der Waals surface area (Å²) in [6, 6.07) is -1.52. The monoisotopic (exact) mass is 200 g/mol. The minimum atomic E-state index is -2.70. The van der Waals surface area contributed by atoms with Crippen molar-refractivity contribution >= 4 is 18.4 Å². The van der Waals surface area contributed by atoms with Gasteiger partial charge >= 0.3 is 6.03 Å². The molecule has 1 aliphatic rings. The van der Waals surface area contributed by atoms with E-state index in [1.807, 2.05) is 0 Å². The van der Waals surface area contributed by atoms with E-state index < -0.39 is 18.0 Å². The fourth-order valence-corrected chi connectivity index (χ4v) is 0.915. The normalized spacial score (nSPS) is 24.8. The van der Waals surface area contributed by atoms with Crippen LogP contribution in [0.1, 0.15) is 12.8 Å². The lowest BCUT2D eigenvalue weighted by molar-refractivity contribution is -0.101. The summed E-state index contributed by atoms with van der Waals surface area (Å²) in [5.41, 5.74) is 0. The van der Waals surface area contributed by atoms with Crippen LogP contribution in [0.5, 0.6) is 0 Å². The predicted molar refractivity (Wildman–Crippen MR) is 42.8 cm³/mol. The van der Waals surface area contributed by atoms with Crippen molar-refractivity contribution in [1.29, 1.82) is 0 Å². The molecule has 0 aromatic carbocycles. The molecule has 1 saturated carbocycles. The van der Waals surface area contributed by atoms with Crippen LogP contribution < -0.4 is 10.6 Å². The van der Waals surface area contributed by atoms with Gasteiger partial charge in [0.15, 0.2) is 0 Å². The third kappa shape index (κ3) is 2.20. The van der Waals surface area contributed by atoms with Crippen LogP contribution in [0, 0.1) is 0 Å². The van der Waals surface area contributed by atoms with E-state index in [-0.39, 0.29) is 18.8 Å². The van der Waals surface area contributed by atoms with Crippen LogP contribution in [-0.4, -0.2) is 25.0 Å². The Morgan fingerprint density at radius 1 is 1.58 bits per heavy atom. The molecule has 72 valence electrons. The molecule has 1 fully saturated rings. The molecule has 0 bridgehead atoms. The van der Waals surface area contributed by atoms with Crippen molar-refractivity contribution in [3.8, 4) is 0 Å². The van der Waals surface area contributed by atoms with Gasteiger partial charge in [0, 0.05) is 13.5 Å². The van der Waals surface area contributed by atoms with Gasteiger partial charge < -0.3 is 10.6 Å². The molecule has 0 saturated heterocycles. The Bertz CT molecular complexity index is 177. The topological polar surface area (TPSA) is 41.1 Å². The SMILES string of the molecule is CNC(=O)NC1CCC1(F)F.Cl. The average molecular weight is 201 g/mol. The maximum absolute atomic E-state index is 12.5. The van der Waals surface area contributed by atoms with Gasteiger partial charge in [-0.15, -0.1) is 12.4 Å². The average Bonchev–Trinajstić information content (AvgIpc) is 1.98. The van der Waals surface area contributed by atoms with E-state index in [1.165, 1.54) is 7.05 Å². The third-order valence-electron chi connectivity index (χ3n) is 1.81. The van der Waals surface area contributed by atoms with Gasteiger partial charge in [0.1, 0.15) is 0 Å². The summed E-state index contributed by atoms with van der Waals surface area (Å²) in [4.78, 5) is 10.5. The zero-order valence-electron chi connectivity index (χ0n) is 6.56. The lowest BCUT2D eigenvalue weighted by Crippen LogP contribution is -2.56. The number of amides is 2. The minimum absolute atomic E-state index is 0. The molecule has 6 heteroatoms. The van der Waals surface area contributed by atoms with E-state index in [9.17, 15) is 13.6 Å². The lowest BCUT2D eigenvalue weighted by Gasteiger charge is -2.36. The van der Waals surface area contributed by atoms with Gasteiger partial charge in [0.25, 0.3) is 5.92 Å². The molecule has 2 N–H and O–H groups in total. The fourth-order valence-electron chi connectivity index (χ4n) is 0.915. The Hall–Kier alpha value is -0.580. The molecule has 1 unspecified atom stereocenters. The number of alkyl halides is 2. The number of hydrogen-bond acceptors (Lipinski definition) is 1. The molecule has 0 radical (unpaired) electrons. The van der Waals surface area contributed by atoms with Crippen molar-refractivity contribution in [2.75, 3.05) is 7.05 Å². The number of carbonyl (C=O) groups is 1. The van der Waals surface area contributed by atoms with E-state index in [1.54, 1.807) is 0 Å². The van der Waals surface area contributed by atoms with Crippen molar-refractivity contribution in [3.63, 3.8) is 0 Å². The number of halogens is 3. The molecule has 12 heavy (non-hydrogen) atoms. The second-order valence-corrected chi connectivity index (χ2v) is 2.58. The van der Waals surface area contributed by atoms with Crippen LogP contribution in [0.25, 0.3) is 0 Å². The van der Waals surface area contributed by atoms with E-state index >= 15 is 0 Å². The van der Waals surface area contributed by atoms with Crippen molar-refractivity contribution in [1.82, 2.24) is 10.6 Å². The van der Waals surface area contributed by atoms with Crippen LogP contribution in [0.2, 0.25) is 0 Å². The first-order chi connectivity index (χ1) is 5.06. The molecule has 0 aromatic rings. The van der Waals surface area contributed by atoms with Crippen molar-refractivity contribution in [2.24, 2.45) is 0 Å². The number of hydrogen-bond donors (Lipinski definition) is 2. The molecule has 0 aliphatic heterocycles. The largest absolute Gasteiger partial charge is 0.341 e. The first-order valence-corrected chi connectivity index (χ1v) is 3.42. The van der Waals surface area contributed by atoms with Crippen LogP contribution in [0.15, 0.2) is 0 Å². The molecule has 2 amide bonds. The highest BCUT2D eigenvalue weighted by molar-refractivity contribution is 5.85. The molecule has 0 spiro atoms. The van der Waals surface area contributed by atoms with Gasteiger partial charge in [-0.1, -0.05) is 0 Å². The highest BCUT2D eigenvalue weighted by Crippen LogP contribution is 2.37. The summed E-state index contributed by atoms with van der Waals surface area (Å²) >= 11 is 0. The molecule has 0 heterocycles. The molecular formula is C6H11ClF2N2O. The Morgan fingerprint density at radius 3 is 2.42 bits per heavy atom. The van der Waals surface area contributed by atoms with Crippen molar-refractivity contribution < 1.29 is 13.6 Å². The second-order valence-electron chi connectivity index (χ2n) is 2.58. The number of nitrogens with one attached hydrogen (secondary N) is 2. The van der Waals surface area contributed by atoms with Crippen LogP contribution in [0.4, 0.5) is 13.6 Å². The zero-order valence-corrected chi connectivity index (χ0v) is 7.38. The third-order valence-corrected chi connectivity index (χ3v) is 1.81. The van der Waals surface area contributed by atoms with E-state index in [0.29, 0.717) is 6.42 Å². The highest BCUT2D eigenvalue weighted by atomic mass is 35.5. The van der Waals surface area contributed by atoms with Crippen LogP contribution in [-0.2, 0) is 0 Å². The Balaban J connectivity index is 0.00000121. The van der Waals surface area contributed by atoms with Gasteiger partial charge in [0.2, 0.25) is 0 Å². The highest BCUT2D eigenvalue weighted by Gasteiger charge is 2.48. The van der Waals surface area contributed by atoms with Crippen molar-refractivity contribution in [3.05, 3.63) is 0 Å². The van der Waals surface area contributed by atoms with Gasteiger partial charge in [-0.05, 0) is 6.42 Å². The van der Waals surface area contributed by atoms with Gasteiger partial charge in [0.05, 0.1) is 6.04 Å². The molecule has 0 aromatic heterocycles. The molecule has 1 atom stereocenters. The van der Waals surface area contributed by atoms with E-state index in [4.69, 9.17) is 0 Å². The maximum atomic E-state index is 12.5. The van der Waals surface area contributed by atoms with E-state index in [2.05, 4.69) is 10.6 Å². The minimum Gasteiger partial charge on any atom is -0.341 e. The lowest BCUT2D eigenvalue weighted by atomic mass is 9.88. The summed E-state index contributed by atoms with van der Waals surface area (Å²) in [6.45, 7) is 0. The maximum Gasteiger partial charge on any atom is 0.314 e. The summed E-state index contributed by atoms with van der Waals surface area (Å²) in [5, 5.41) is 4.37. The molecule has 1 aliphatic carbocycles. The predicted octanol–water partition coefficient (Wildman–Crippen LogP) is 1.13. The van der Waals surface area contributed by atoms with E-state index in [0.717, 1.165) is 0 Å². The number of rotatable bonds is 1. The summed E-state index contributed by atoms with van der Waals surface area (Å²) < 4.78 is 24.9. The first kappa shape index (κ1) is 11.4. The zero-order chi connectivity index (χ0) is 8.48. The molecule has 1 rings (SSSR count). The van der Waals surface area contributed by atoms with Crippen LogP contribution >= 0.6 is 12.4 Å². The Labute approximate surface area is 75.3 Å². The summed E-state index contributed by atoms with van der Waals surface area (Å²) in [6.07, 6.45) is 0.238. The molecule has 3 nitrogen and oxygen atoms in total. The number of carbonyl (C=O) groups excluding carboxylic acids is 1. The van der Waals surface area contributed by atoms with Gasteiger partial charge in [-0.2, -0.15) is 0 Å². The van der Waals surface area contributed by atoms with Crippen molar-refractivity contribution in [2.45, 2.75) is 24.8 Å². The molecular weight excluding hydrogens is 190 g/mol.